The molecule has 0 unspecified atom stereocenters. The molecule has 17 heavy (non-hydrogen) atoms. The highest BCUT2D eigenvalue weighted by Crippen LogP contribution is 2.38. The zero-order chi connectivity index (χ0) is 12.6. The average molecular weight is 231 g/mol. The van der Waals surface area contributed by atoms with Crippen molar-refractivity contribution in [2.75, 3.05) is 0 Å². The van der Waals surface area contributed by atoms with Crippen LogP contribution in [0.25, 0.3) is 0 Å². The molecule has 1 fully saturated rings. The Labute approximate surface area is 103 Å². The maximum atomic E-state index is 11.9. The number of carbonyl (C=O) groups is 1. The largest absolute Gasteiger partial charge is 0.349 e. The molecule has 1 saturated carbocycles. The lowest BCUT2D eigenvalue weighted by molar-refractivity contribution is -0.123. The number of amides is 1. The molecule has 1 N–H and O–H groups in total. The van der Waals surface area contributed by atoms with Gasteiger partial charge in [-0.1, -0.05) is 30.7 Å². The van der Waals surface area contributed by atoms with Gasteiger partial charge in [0.1, 0.15) is 0 Å². The summed E-state index contributed by atoms with van der Waals surface area (Å²) in [5.41, 5.74) is 3.71. The molecule has 2 heteroatoms. The standard InChI is InChI=1S/C15H21NO/c1-9-5-6-10(2)13(7-9)12(4)16-15(17)14-8-11(14)3/h5-7,11-12,14H,8H2,1-4H3,(H,16,17)/t11-,12+,14-/m0/s1. The normalized spacial score (nSPS) is 24.2. The predicted octanol–water partition coefficient (Wildman–Crippen LogP) is 3.14. The minimum absolute atomic E-state index is 0.107. The first kappa shape index (κ1) is 12.2. The molecule has 0 spiro atoms. The van der Waals surface area contributed by atoms with Crippen LogP contribution >= 0.6 is 0 Å². The van der Waals surface area contributed by atoms with Crippen LogP contribution in [0.4, 0.5) is 0 Å². The predicted molar refractivity (Wildman–Crippen MR) is 69.7 cm³/mol. The Morgan fingerprint density at radius 2 is 2.06 bits per heavy atom. The van der Waals surface area contributed by atoms with E-state index in [-0.39, 0.29) is 17.9 Å². The molecule has 0 bridgehead atoms. The highest BCUT2D eigenvalue weighted by atomic mass is 16.2. The number of benzene rings is 1. The van der Waals surface area contributed by atoms with Gasteiger partial charge in [0.05, 0.1) is 6.04 Å². The Morgan fingerprint density at radius 1 is 1.41 bits per heavy atom. The molecule has 1 amide bonds. The maximum Gasteiger partial charge on any atom is 0.223 e. The zero-order valence-electron chi connectivity index (χ0n) is 11.1. The van der Waals surface area contributed by atoms with E-state index in [1.165, 1.54) is 16.7 Å². The van der Waals surface area contributed by atoms with Crippen molar-refractivity contribution >= 4 is 5.91 Å². The zero-order valence-corrected chi connectivity index (χ0v) is 11.1. The van der Waals surface area contributed by atoms with Gasteiger partial charge in [0.2, 0.25) is 5.91 Å². The van der Waals surface area contributed by atoms with Gasteiger partial charge >= 0.3 is 0 Å². The third kappa shape index (κ3) is 2.68. The van der Waals surface area contributed by atoms with Crippen LogP contribution in [-0.4, -0.2) is 5.91 Å². The summed E-state index contributed by atoms with van der Waals surface area (Å²) in [7, 11) is 0. The highest BCUT2D eigenvalue weighted by molar-refractivity contribution is 5.81. The first-order valence-corrected chi connectivity index (χ1v) is 6.36. The van der Waals surface area contributed by atoms with Gasteiger partial charge in [-0.2, -0.15) is 0 Å². The number of rotatable bonds is 3. The maximum absolute atomic E-state index is 11.9. The van der Waals surface area contributed by atoms with Crippen LogP contribution < -0.4 is 5.32 Å². The van der Waals surface area contributed by atoms with Crippen molar-refractivity contribution in [2.45, 2.75) is 40.2 Å². The van der Waals surface area contributed by atoms with Gasteiger partial charge in [-0.25, -0.2) is 0 Å². The van der Waals surface area contributed by atoms with E-state index in [9.17, 15) is 4.79 Å². The third-order valence-electron chi connectivity index (χ3n) is 3.71. The van der Waals surface area contributed by atoms with Crippen molar-refractivity contribution in [2.24, 2.45) is 11.8 Å². The van der Waals surface area contributed by atoms with Gasteiger partial charge in [0, 0.05) is 5.92 Å². The molecule has 2 nitrogen and oxygen atoms in total. The van der Waals surface area contributed by atoms with E-state index in [4.69, 9.17) is 0 Å². The number of hydrogen-bond acceptors (Lipinski definition) is 1. The van der Waals surface area contributed by atoms with Crippen LogP contribution in [-0.2, 0) is 4.79 Å². The van der Waals surface area contributed by atoms with Crippen molar-refractivity contribution < 1.29 is 4.79 Å². The second kappa shape index (κ2) is 4.52. The monoisotopic (exact) mass is 231 g/mol. The smallest absolute Gasteiger partial charge is 0.223 e. The number of hydrogen-bond donors (Lipinski definition) is 1. The fourth-order valence-electron chi connectivity index (χ4n) is 2.31. The summed E-state index contributed by atoms with van der Waals surface area (Å²) < 4.78 is 0. The topological polar surface area (TPSA) is 29.1 Å². The first-order valence-electron chi connectivity index (χ1n) is 6.36. The Bertz CT molecular complexity index is 439. The van der Waals surface area contributed by atoms with Crippen molar-refractivity contribution in [3.05, 3.63) is 34.9 Å². The Hall–Kier alpha value is -1.31. The fourth-order valence-corrected chi connectivity index (χ4v) is 2.31. The van der Waals surface area contributed by atoms with E-state index in [2.05, 4.69) is 51.2 Å². The Morgan fingerprint density at radius 3 is 2.65 bits per heavy atom. The second-order valence-electron chi connectivity index (χ2n) is 5.41. The molecule has 1 aliphatic carbocycles. The number of nitrogens with one attached hydrogen (secondary N) is 1. The summed E-state index contributed by atoms with van der Waals surface area (Å²) in [4.78, 5) is 11.9. The van der Waals surface area contributed by atoms with Crippen LogP contribution in [0.1, 0.15) is 43.0 Å². The van der Waals surface area contributed by atoms with E-state index in [0.29, 0.717) is 5.92 Å². The van der Waals surface area contributed by atoms with Gasteiger partial charge in [0.15, 0.2) is 0 Å². The third-order valence-corrected chi connectivity index (χ3v) is 3.71. The first-order chi connectivity index (χ1) is 7.99. The number of carbonyl (C=O) groups excluding carboxylic acids is 1. The van der Waals surface area contributed by atoms with Crippen LogP contribution in [0.15, 0.2) is 18.2 Å². The molecule has 0 aliphatic heterocycles. The van der Waals surface area contributed by atoms with Gasteiger partial charge in [-0.05, 0) is 44.2 Å². The molecule has 0 aromatic heterocycles. The number of aryl methyl sites for hydroxylation is 2. The lowest BCUT2D eigenvalue weighted by Crippen LogP contribution is -2.28. The molecule has 92 valence electrons. The quantitative estimate of drug-likeness (QED) is 0.850. The summed E-state index contributed by atoms with van der Waals surface area (Å²) in [5.74, 6) is 1.04. The van der Waals surface area contributed by atoms with Crippen LogP contribution in [0.5, 0.6) is 0 Å². The van der Waals surface area contributed by atoms with Crippen molar-refractivity contribution in [3.63, 3.8) is 0 Å². The molecule has 0 heterocycles. The molecule has 3 atom stereocenters. The minimum Gasteiger partial charge on any atom is -0.349 e. The summed E-state index contributed by atoms with van der Waals surface area (Å²) in [6.45, 7) is 8.37. The fraction of sp³-hybridized carbons (Fsp3) is 0.533. The lowest BCUT2D eigenvalue weighted by atomic mass is 10.00. The summed E-state index contributed by atoms with van der Waals surface area (Å²) in [6.07, 6.45) is 1.05. The van der Waals surface area contributed by atoms with Crippen LogP contribution in [0, 0.1) is 25.7 Å². The lowest BCUT2D eigenvalue weighted by Gasteiger charge is -2.17. The molecule has 0 radical (unpaired) electrons. The summed E-state index contributed by atoms with van der Waals surface area (Å²) >= 11 is 0. The summed E-state index contributed by atoms with van der Waals surface area (Å²) in [5, 5.41) is 3.12. The van der Waals surface area contributed by atoms with E-state index >= 15 is 0 Å². The molecule has 0 saturated heterocycles. The molecule has 2 rings (SSSR count). The molecular weight excluding hydrogens is 210 g/mol. The van der Waals surface area contributed by atoms with E-state index < -0.39 is 0 Å². The highest BCUT2D eigenvalue weighted by Gasteiger charge is 2.39. The van der Waals surface area contributed by atoms with Crippen molar-refractivity contribution in [1.82, 2.24) is 5.32 Å². The Balaban J connectivity index is 2.06. The molecule has 1 aromatic carbocycles. The van der Waals surface area contributed by atoms with E-state index in [1.54, 1.807) is 0 Å². The average Bonchev–Trinajstić information content (AvgIpc) is 2.99. The van der Waals surface area contributed by atoms with E-state index in [1.807, 2.05) is 0 Å². The van der Waals surface area contributed by atoms with Crippen molar-refractivity contribution in [1.29, 1.82) is 0 Å². The van der Waals surface area contributed by atoms with Gasteiger partial charge in [-0.15, -0.1) is 0 Å². The van der Waals surface area contributed by atoms with Gasteiger partial charge < -0.3 is 5.32 Å². The second-order valence-corrected chi connectivity index (χ2v) is 5.41. The van der Waals surface area contributed by atoms with Gasteiger partial charge in [-0.3, -0.25) is 4.79 Å². The minimum atomic E-state index is 0.107. The Kier molecular flexibility index (Phi) is 3.23. The van der Waals surface area contributed by atoms with Crippen LogP contribution in [0.2, 0.25) is 0 Å². The molecular formula is C15H21NO. The van der Waals surface area contributed by atoms with Gasteiger partial charge in [0.25, 0.3) is 0 Å². The van der Waals surface area contributed by atoms with E-state index in [0.717, 1.165) is 6.42 Å². The van der Waals surface area contributed by atoms with Crippen molar-refractivity contribution in [3.8, 4) is 0 Å². The molecule has 1 aromatic rings. The molecule has 1 aliphatic rings. The SMILES string of the molecule is Cc1ccc(C)c([C@@H](C)NC(=O)[C@H]2C[C@@H]2C)c1. The summed E-state index contributed by atoms with van der Waals surface area (Å²) in [6, 6.07) is 6.50. The van der Waals surface area contributed by atoms with Crippen LogP contribution in [0.3, 0.4) is 0 Å².